The molecule has 1 N–H and O–H groups in total. The molecule has 0 saturated carbocycles. The van der Waals surface area contributed by atoms with Crippen LogP contribution in [0.5, 0.6) is 0 Å². The van der Waals surface area contributed by atoms with Gasteiger partial charge in [0.1, 0.15) is 0 Å². The fourth-order valence-corrected chi connectivity index (χ4v) is 1.94. The van der Waals surface area contributed by atoms with Crippen LogP contribution < -0.4 is 0 Å². The number of carboxylic acids is 1. The van der Waals surface area contributed by atoms with Gasteiger partial charge in [0.05, 0.1) is 5.56 Å². The van der Waals surface area contributed by atoms with Crippen LogP contribution in [0.3, 0.4) is 0 Å². The molecule has 0 bridgehead atoms. The molecule has 112 valence electrons. The lowest BCUT2D eigenvalue weighted by atomic mass is 10.2. The average molecular weight is 322 g/mol. The van der Waals surface area contributed by atoms with Crippen molar-refractivity contribution in [3.05, 3.63) is 29.8 Å². The van der Waals surface area contributed by atoms with Gasteiger partial charge in [0, 0.05) is 4.90 Å². The van der Waals surface area contributed by atoms with Crippen molar-refractivity contribution in [1.29, 1.82) is 0 Å². The van der Waals surface area contributed by atoms with Crippen LogP contribution in [0.1, 0.15) is 10.4 Å². The van der Waals surface area contributed by atoms with Crippen LogP contribution in [0.25, 0.3) is 0 Å². The van der Waals surface area contributed by atoms with Gasteiger partial charge in [-0.05, 0) is 30.0 Å². The summed E-state index contributed by atoms with van der Waals surface area (Å²) < 4.78 is 87.1. The SMILES string of the molecule is O=C(O)c1cccc(SC(F)(F)C(F)(F)C(F)(F)F)c1. The molecule has 0 fully saturated rings. The fraction of sp³-hybridized carbons (Fsp3) is 0.300. The second-order valence-corrected chi connectivity index (χ2v) is 4.71. The van der Waals surface area contributed by atoms with Crippen LogP contribution in [0.15, 0.2) is 29.2 Å². The summed E-state index contributed by atoms with van der Waals surface area (Å²) in [4.78, 5) is 9.83. The first kappa shape index (κ1) is 16.6. The fourth-order valence-electron chi connectivity index (χ4n) is 1.07. The second kappa shape index (κ2) is 5.15. The van der Waals surface area contributed by atoms with Gasteiger partial charge < -0.3 is 5.11 Å². The third kappa shape index (κ3) is 3.17. The molecule has 1 aromatic carbocycles. The number of thioether (sulfide) groups is 1. The zero-order valence-corrected chi connectivity index (χ0v) is 10.0. The smallest absolute Gasteiger partial charge is 0.460 e. The van der Waals surface area contributed by atoms with Gasteiger partial charge >= 0.3 is 23.3 Å². The van der Waals surface area contributed by atoms with Gasteiger partial charge in [0.15, 0.2) is 0 Å². The van der Waals surface area contributed by atoms with Crippen molar-refractivity contribution in [3.63, 3.8) is 0 Å². The monoisotopic (exact) mass is 322 g/mol. The standard InChI is InChI=1S/C10H5F7O2S/c11-8(12,9(13,14)15)10(16,17)20-6-3-1-2-5(4-6)7(18)19/h1-4H,(H,18,19). The first-order valence-electron chi connectivity index (χ1n) is 4.73. The van der Waals surface area contributed by atoms with Crippen molar-refractivity contribution < 1.29 is 40.6 Å². The molecule has 0 saturated heterocycles. The van der Waals surface area contributed by atoms with E-state index in [1.807, 2.05) is 0 Å². The molecule has 10 heteroatoms. The molecule has 0 heterocycles. The van der Waals surface area contributed by atoms with Crippen LogP contribution in [-0.2, 0) is 0 Å². The molecule has 0 amide bonds. The van der Waals surface area contributed by atoms with Crippen LogP contribution in [0.2, 0.25) is 0 Å². The van der Waals surface area contributed by atoms with Gasteiger partial charge in [-0.3, -0.25) is 0 Å². The number of benzene rings is 1. The summed E-state index contributed by atoms with van der Waals surface area (Å²) in [6.45, 7) is 0. The Morgan fingerprint density at radius 1 is 1.05 bits per heavy atom. The maximum absolute atomic E-state index is 13.1. The predicted octanol–water partition coefficient (Wildman–Crippen LogP) is 4.27. The molecular formula is C10H5F7O2S. The molecule has 0 atom stereocenters. The van der Waals surface area contributed by atoms with Gasteiger partial charge in [-0.25, -0.2) is 4.79 Å². The molecule has 0 aliphatic carbocycles. The number of hydrogen-bond donors (Lipinski definition) is 1. The second-order valence-electron chi connectivity index (χ2n) is 3.52. The van der Waals surface area contributed by atoms with Crippen LogP contribution >= 0.6 is 11.8 Å². The Morgan fingerprint density at radius 2 is 1.60 bits per heavy atom. The summed E-state index contributed by atoms with van der Waals surface area (Å²) in [5.74, 6) is -7.78. The Bertz CT molecular complexity index is 513. The van der Waals surface area contributed by atoms with Crippen molar-refractivity contribution in [2.75, 3.05) is 0 Å². The number of alkyl halides is 7. The Balaban J connectivity index is 3.08. The molecule has 1 rings (SSSR count). The number of halogens is 7. The van der Waals surface area contributed by atoms with Crippen molar-refractivity contribution >= 4 is 17.7 Å². The van der Waals surface area contributed by atoms with E-state index in [2.05, 4.69) is 0 Å². The third-order valence-corrected chi connectivity index (χ3v) is 3.05. The molecule has 0 spiro atoms. The molecule has 0 aliphatic rings. The Labute approximate surface area is 111 Å². The summed E-state index contributed by atoms with van der Waals surface area (Å²) in [6.07, 6.45) is -6.42. The molecular weight excluding hydrogens is 317 g/mol. The highest BCUT2D eigenvalue weighted by Gasteiger charge is 2.73. The number of hydrogen-bond acceptors (Lipinski definition) is 2. The quantitative estimate of drug-likeness (QED) is 0.664. The minimum Gasteiger partial charge on any atom is -0.478 e. The highest BCUT2D eigenvalue weighted by molar-refractivity contribution is 8.00. The van der Waals surface area contributed by atoms with Crippen LogP contribution in [0, 0.1) is 0 Å². The van der Waals surface area contributed by atoms with Crippen molar-refractivity contribution in [2.45, 2.75) is 22.2 Å². The summed E-state index contributed by atoms with van der Waals surface area (Å²) in [7, 11) is 0. The predicted molar refractivity (Wildman–Crippen MR) is 55.2 cm³/mol. The van der Waals surface area contributed by atoms with Crippen molar-refractivity contribution in [3.8, 4) is 0 Å². The van der Waals surface area contributed by atoms with Gasteiger partial charge in [0.25, 0.3) is 0 Å². The lowest BCUT2D eigenvalue weighted by molar-refractivity contribution is -0.330. The summed E-state index contributed by atoms with van der Waals surface area (Å²) in [5.41, 5.74) is -0.513. The van der Waals surface area contributed by atoms with E-state index in [0.29, 0.717) is 6.07 Å². The van der Waals surface area contributed by atoms with Crippen molar-refractivity contribution in [1.82, 2.24) is 0 Å². The van der Waals surface area contributed by atoms with E-state index in [0.717, 1.165) is 18.2 Å². The summed E-state index contributed by atoms with van der Waals surface area (Å²) >= 11 is -1.06. The van der Waals surface area contributed by atoms with E-state index in [9.17, 15) is 35.5 Å². The van der Waals surface area contributed by atoms with Gasteiger partial charge in [-0.15, -0.1) is 0 Å². The van der Waals surface area contributed by atoms with E-state index in [4.69, 9.17) is 5.11 Å². The molecule has 0 aliphatic heterocycles. The van der Waals surface area contributed by atoms with E-state index in [-0.39, 0.29) is 0 Å². The minimum absolute atomic E-state index is 0.513. The minimum atomic E-state index is -6.42. The summed E-state index contributed by atoms with van der Waals surface area (Å²) in [5, 5.41) is 3.10. The average Bonchev–Trinajstić information content (AvgIpc) is 2.26. The number of carbonyl (C=O) groups is 1. The van der Waals surface area contributed by atoms with E-state index >= 15 is 0 Å². The molecule has 20 heavy (non-hydrogen) atoms. The molecule has 0 unspecified atom stereocenters. The maximum Gasteiger partial charge on any atom is 0.460 e. The number of rotatable bonds is 4. The molecule has 1 aromatic rings. The first-order valence-corrected chi connectivity index (χ1v) is 5.55. The largest absolute Gasteiger partial charge is 0.478 e. The Hall–Kier alpha value is -1.45. The Kier molecular flexibility index (Phi) is 4.28. The van der Waals surface area contributed by atoms with Gasteiger partial charge in [-0.1, -0.05) is 6.07 Å². The van der Waals surface area contributed by atoms with E-state index in [1.165, 1.54) is 0 Å². The van der Waals surface area contributed by atoms with Crippen LogP contribution in [0.4, 0.5) is 30.7 Å². The zero-order chi connectivity index (χ0) is 15.8. The molecule has 0 aromatic heterocycles. The Morgan fingerprint density at radius 3 is 2.05 bits per heavy atom. The summed E-state index contributed by atoms with van der Waals surface area (Å²) in [6, 6.07) is 3.31. The zero-order valence-electron chi connectivity index (χ0n) is 9.22. The highest BCUT2D eigenvalue weighted by Crippen LogP contribution is 2.53. The molecule has 0 radical (unpaired) electrons. The van der Waals surface area contributed by atoms with Crippen molar-refractivity contribution in [2.24, 2.45) is 0 Å². The number of aromatic carboxylic acids is 1. The normalized spacial score (nSPS) is 13.3. The van der Waals surface area contributed by atoms with Gasteiger partial charge in [0.2, 0.25) is 0 Å². The lowest BCUT2D eigenvalue weighted by Crippen LogP contribution is -2.49. The van der Waals surface area contributed by atoms with Crippen LogP contribution in [-0.4, -0.2) is 28.4 Å². The van der Waals surface area contributed by atoms with E-state index < -0.39 is 45.5 Å². The van der Waals surface area contributed by atoms with E-state index in [1.54, 1.807) is 0 Å². The highest BCUT2D eigenvalue weighted by atomic mass is 32.2. The lowest BCUT2D eigenvalue weighted by Gasteiger charge is -2.27. The maximum atomic E-state index is 13.1. The van der Waals surface area contributed by atoms with Gasteiger partial charge in [-0.2, -0.15) is 30.7 Å². The topological polar surface area (TPSA) is 37.3 Å². The molecule has 2 nitrogen and oxygen atoms in total. The third-order valence-electron chi connectivity index (χ3n) is 2.05. The number of carboxylic acid groups (broad SMARTS) is 1. The first-order chi connectivity index (χ1) is 8.88.